The van der Waals surface area contributed by atoms with E-state index in [4.69, 9.17) is 23.9 Å². The predicted octanol–water partition coefficient (Wildman–Crippen LogP) is 10.8. The first-order chi connectivity index (χ1) is 28.4. The van der Waals surface area contributed by atoms with E-state index in [0.717, 1.165) is 54.8 Å². The maximum absolute atomic E-state index is 11.5. The van der Waals surface area contributed by atoms with Gasteiger partial charge in [-0.3, -0.25) is 0 Å². The van der Waals surface area contributed by atoms with Crippen molar-refractivity contribution in [2.24, 2.45) is 0 Å². The topological polar surface area (TPSA) is 84.0 Å². The fraction of sp³-hybridized carbons (Fsp3) is 0.100. The maximum atomic E-state index is 11.5. The molecule has 0 fully saturated rings. The lowest BCUT2D eigenvalue weighted by Gasteiger charge is -2.34. The zero-order valence-electron chi connectivity index (χ0n) is 31.5. The molecule has 0 amide bonds. The summed E-state index contributed by atoms with van der Waals surface area (Å²) in [5.41, 5.74) is 8.36. The Hall–Kier alpha value is -7.03. The van der Waals surface area contributed by atoms with E-state index in [1.165, 1.54) is 33.0 Å². The summed E-state index contributed by atoms with van der Waals surface area (Å²) in [6.45, 7) is 7.63. The third-order valence-electron chi connectivity index (χ3n) is 10.6. The largest absolute Gasteiger partial charge is 0.490 e. The standard InChI is InChI=1S/C50H37NO6S/c1-3-47(52)56-25-23-54-39-20-16-37(17-21-39)50(43-12-8-7-11-41(43)42-29-32-9-5-6-10-33(32)30-44(42)50)38-18-22-46-45(31-38)51-49(58-46)36-14-13-35-28-40(19-15-34(35)27-36)55-24-26-57-48(53)4-2/h3-22,27-31H,1-2,23-26H2. The van der Waals surface area contributed by atoms with Gasteiger partial charge >= 0.3 is 11.9 Å². The van der Waals surface area contributed by atoms with Crippen LogP contribution in [0, 0.1) is 0 Å². The number of fused-ring (bicyclic) bond motifs is 6. The first-order valence-electron chi connectivity index (χ1n) is 19.0. The van der Waals surface area contributed by atoms with Crippen molar-refractivity contribution in [3.63, 3.8) is 0 Å². The average molecular weight is 780 g/mol. The van der Waals surface area contributed by atoms with Crippen LogP contribution in [0.5, 0.6) is 11.5 Å². The molecule has 1 aliphatic carbocycles. The minimum Gasteiger partial charge on any atom is -0.490 e. The van der Waals surface area contributed by atoms with E-state index in [9.17, 15) is 9.59 Å². The summed E-state index contributed by atoms with van der Waals surface area (Å²) in [5, 5.41) is 5.41. The summed E-state index contributed by atoms with van der Waals surface area (Å²) < 4.78 is 23.0. The van der Waals surface area contributed by atoms with Gasteiger partial charge in [-0.15, -0.1) is 11.3 Å². The monoisotopic (exact) mass is 779 g/mol. The van der Waals surface area contributed by atoms with Crippen molar-refractivity contribution < 1.29 is 28.5 Å². The lowest BCUT2D eigenvalue weighted by Crippen LogP contribution is -2.28. The summed E-state index contributed by atoms with van der Waals surface area (Å²) in [5.74, 6) is 0.442. The van der Waals surface area contributed by atoms with Crippen LogP contribution in [-0.2, 0) is 24.5 Å². The van der Waals surface area contributed by atoms with Crippen LogP contribution in [0.2, 0.25) is 0 Å². The van der Waals surface area contributed by atoms with E-state index >= 15 is 0 Å². The van der Waals surface area contributed by atoms with Gasteiger partial charge in [0.25, 0.3) is 0 Å². The van der Waals surface area contributed by atoms with Crippen LogP contribution in [0.15, 0.2) is 165 Å². The number of thiazole rings is 1. The Kier molecular flexibility index (Phi) is 9.77. The number of benzene rings is 7. The lowest BCUT2D eigenvalue weighted by atomic mass is 9.67. The van der Waals surface area contributed by atoms with Gasteiger partial charge < -0.3 is 18.9 Å². The highest BCUT2D eigenvalue weighted by Crippen LogP contribution is 2.57. The molecule has 284 valence electrons. The van der Waals surface area contributed by atoms with Gasteiger partial charge in [-0.05, 0) is 110 Å². The summed E-state index contributed by atoms with van der Waals surface area (Å²) in [4.78, 5) is 28.1. The molecule has 0 saturated carbocycles. The second kappa shape index (κ2) is 15.5. The van der Waals surface area contributed by atoms with E-state index in [-0.39, 0.29) is 26.4 Å². The minimum absolute atomic E-state index is 0.132. The van der Waals surface area contributed by atoms with E-state index in [0.29, 0.717) is 11.5 Å². The lowest BCUT2D eigenvalue weighted by molar-refractivity contribution is -0.139. The highest BCUT2D eigenvalue weighted by atomic mass is 32.1. The molecule has 9 rings (SSSR count). The molecule has 0 aliphatic heterocycles. The number of rotatable bonds is 13. The Bertz CT molecular complexity index is 2900. The number of aromatic nitrogens is 1. The number of carbonyl (C=O) groups excluding carboxylic acids is 2. The number of hydrogen-bond acceptors (Lipinski definition) is 8. The number of ether oxygens (including phenoxy) is 4. The molecule has 0 radical (unpaired) electrons. The smallest absolute Gasteiger partial charge is 0.330 e. The number of hydrogen-bond donors (Lipinski definition) is 0. The molecule has 1 aliphatic rings. The van der Waals surface area contributed by atoms with Crippen LogP contribution >= 0.6 is 11.3 Å². The second-order valence-electron chi connectivity index (χ2n) is 13.9. The molecule has 0 bridgehead atoms. The minimum atomic E-state index is -0.651. The zero-order valence-corrected chi connectivity index (χ0v) is 32.3. The normalized spacial score (nSPS) is 14.1. The molecular weight excluding hydrogens is 743 g/mol. The van der Waals surface area contributed by atoms with Crippen LogP contribution in [-0.4, -0.2) is 43.4 Å². The van der Waals surface area contributed by atoms with Gasteiger partial charge in [0.1, 0.15) is 42.9 Å². The summed E-state index contributed by atoms with van der Waals surface area (Å²) in [6.07, 6.45) is 2.28. The van der Waals surface area contributed by atoms with Crippen molar-refractivity contribution in [3.05, 3.63) is 187 Å². The van der Waals surface area contributed by atoms with Gasteiger partial charge in [0.15, 0.2) is 0 Å². The average Bonchev–Trinajstić information content (AvgIpc) is 3.83. The fourth-order valence-corrected chi connectivity index (χ4v) is 8.95. The molecule has 58 heavy (non-hydrogen) atoms. The van der Waals surface area contributed by atoms with Gasteiger partial charge in [-0.2, -0.15) is 0 Å². The fourth-order valence-electron chi connectivity index (χ4n) is 8.01. The van der Waals surface area contributed by atoms with E-state index in [1.54, 1.807) is 11.3 Å². The molecule has 8 heteroatoms. The molecule has 0 saturated heterocycles. The van der Waals surface area contributed by atoms with E-state index < -0.39 is 17.4 Å². The first-order valence-corrected chi connectivity index (χ1v) is 19.8. The maximum Gasteiger partial charge on any atom is 0.330 e. The number of esters is 2. The Balaban J connectivity index is 1.10. The van der Waals surface area contributed by atoms with E-state index in [2.05, 4.69) is 122 Å². The van der Waals surface area contributed by atoms with Gasteiger partial charge in [-0.25, -0.2) is 14.6 Å². The SMILES string of the molecule is C=CC(=O)OCCOc1ccc(C2(c3ccc4sc(-c5ccc6cc(OCCOC(=O)C=C)ccc6c5)nc4c3)c3ccccc3-c3cc4ccccc4cc32)cc1. The van der Waals surface area contributed by atoms with Gasteiger partial charge in [0, 0.05) is 17.7 Å². The molecule has 1 unspecified atom stereocenters. The summed E-state index contributed by atoms with van der Waals surface area (Å²) >= 11 is 1.68. The molecule has 8 aromatic rings. The Morgan fingerprint density at radius 2 is 1.19 bits per heavy atom. The third kappa shape index (κ3) is 6.67. The van der Waals surface area contributed by atoms with Crippen molar-refractivity contribution in [1.82, 2.24) is 4.98 Å². The molecule has 1 heterocycles. The highest BCUT2D eigenvalue weighted by molar-refractivity contribution is 7.21. The molecule has 1 atom stereocenters. The van der Waals surface area contributed by atoms with Crippen molar-refractivity contribution in [1.29, 1.82) is 0 Å². The Morgan fingerprint density at radius 3 is 1.95 bits per heavy atom. The van der Waals surface area contributed by atoms with Crippen LogP contribution in [0.4, 0.5) is 0 Å². The van der Waals surface area contributed by atoms with Crippen LogP contribution in [0.25, 0.3) is 53.5 Å². The molecule has 0 spiro atoms. The first kappa shape index (κ1) is 36.6. The highest BCUT2D eigenvalue weighted by Gasteiger charge is 2.46. The molecule has 0 N–H and O–H groups in total. The summed E-state index contributed by atoms with van der Waals surface area (Å²) in [6, 6.07) is 49.2. The number of carbonyl (C=O) groups is 2. The van der Waals surface area contributed by atoms with Crippen LogP contribution < -0.4 is 9.47 Å². The van der Waals surface area contributed by atoms with Gasteiger partial charge in [0.2, 0.25) is 0 Å². The summed E-state index contributed by atoms with van der Waals surface area (Å²) in [7, 11) is 0. The van der Waals surface area contributed by atoms with Crippen LogP contribution in [0.1, 0.15) is 22.3 Å². The van der Waals surface area contributed by atoms with Gasteiger partial charge in [0.05, 0.1) is 15.6 Å². The Morgan fingerprint density at radius 1 is 0.569 bits per heavy atom. The van der Waals surface area contributed by atoms with Crippen molar-refractivity contribution in [2.75, 3.05) is 26.4 Å². The zero-order chi connectivity index (χ0) is 39.6. The van der Waals surface area contributed by atoms with Crippen molar-refractivity contribution in [3.8, 4) is 33.2 Å². The third-order valence-corrected chi connectivity index (χ3v) is 11.7. The molecule has 7 nitrogen and oxygen atoms in total. The van der Waals surface area contributed by atoms with Crippen molar-refractivity contribution >= 4 is 55.0 Å². The second-order valence-corrected chi connectivity index (χ2v) is 15.0. The Labute approximate surface area is 339 Å². The predicted molar refractivity (Wildman–Crippen MR) is 231 cm³/mol. The van der Waals surface area contributed by atoms with Crippen molar-refractivity contribution in [2.45, 2.75) is 5.41 Å². The van der Waals surface area contributed by atoms with Crippen LogP contribution in [0.3, 0.4) is 0 Å². The number of nitrogens with zero attached hydrogens (tertiary/aromatic N) is 1. The quantitative estimate of drug-likeness (QED) is 0.0654. The molecule has 7 aromatic carbocycles. The van der Waals surface area contributed by atoms with Gasteiger partial charge in [-0.1, -0.05) is 98.1 Å². The molecule has 1 aromatic heterocycles. The van der Waals surface area contributed by atoms with E-state index in [1.807, 2.05) is 30.3 Å². The molecular formula is C50H37NO6S.